The number of rotatable bonds is 1. The molecule has 1 unspecified atom stereocenters. The van der Waals surface area contributed by atoms with Crippen molar-refractivity contribution in [3.8, 4) is 0 Å². The zero-order valence-corrected chi connectivity index (χ0v) is 11.1. The van der Waals surface area contributed by atoms with Crippen LogP contribution in [-0.4, -0.2) is 42.4 Å². The second-order valence-electron chi connectivity index (χ2n) is 5.90. The predicted octanol–water partition coefficient (Wildman–Crippen LogP) is 1.40. The molecule has 2 saturated heterocycles. The van der Waals surface area contributed by atoms with Crippen molar-refractivity contribution in [1.29, 1.82) is 0 Å². The standard InChI is InChI=1S/C14H21N5/c1-4-15-7-11-8-19(6-3-10(1)11)14-12-2-5-16-13(12)17-9-18-14/h2,5,9-11,14-16H,1,3-4,6-8H2,(H,17,18)/t10-,11+,14?/m0/s1. The molecule has 102 valence electrons. The number of nitrogens with one attached hydrogen (secondary N) is 3. The molecular formula is C14H21N5. The number of aromatic amines is 1. The molecule has 0 bridgehead atoms. The highest BCUT2D eigenvalue weighted by atomic mass is 15.3. The quantitative estimate of drug-likeness (QED) is 0.714. The zero-order valence-electron chi connectivity index (χ0n) is 11.1. The molecule has 4 heterocycles. The molecule has 1 aromatic rings. The minimum atomic E-state index is 0.199. The van der Waals surface area contributed by atoms with E-state index in [1.165, 1.54) is 44.6 Å². The molecule has 0 radical (unpaired) electrons. The van der Waals surface area contributed by atoms with E-state index < -0.39 is 0 Å². The van der Waals surface area contributed by atoms with E-state index in [9.17, 15) is 0 Å². The number of nitrogens with zero attached hydrogens (tertiary/aromatic N) is 2. The van der Waals surface area contributed by atoms with E-state index in [4.69, 9.17) is 0 Å². The van der Waals surface area contributed by atoms with Gasteiger partial charge in [0.2, 0.25) is 0 Å². The second kappa shape index (κ2) is 4.65. The first-order valence-corrected chi connectivity index (χ1v) is 7.32. The Morgan fingerprint density at radius 1 is 1.26 bits per heavy atom. The summed E-state index contributed by atoms with van der Waals surface area (Å²) in [6.45, 7) is 4.72. The Kier molecular flexibility index (Phi) is 2.81. The Bertz CT molecular complexity index is 480. The van der Waals surface area contributed by atoms with E-state index in [0.29, 0.717) is 0 Å². The fourth-order valence-corrected chi connectivity index (χ4v) is 3.78. The van der Waals surface area contributed by atoms with Crippen molar-refractivity contribution in [1.82, 2.24) is 15.2 Å². The molecule has 0 spiro atoms. The molecule has 3 atom stereocenters. The van der Waals surface area contributed by atoms with Gasteiger partial charge in [-0.05, 0) is 43.8 Å². The highest BCUT2D eigenvalue weighted by Crippen LogP contribution is 2.36. The van der Waals surface area contributed by atoms with Gasteiger partial charge < -0.3 is 15.6 Å². The number of aromatic nitrogens is 1. The first-order valence-electron chi connectivity index (χ1n) is 7.32. The average molecular weight is 259 g/mol. The summed E-state index contributed by atoms with van der Waals surface area (Å²) in [4.78, 5) is 10.4. The lowest BCUT2D eigenvalue weighted by Gasteiger charge is -2.43. The van der Waals surface area contributed by atoms with Gasteiger partial charge in [0.25, 0.3) is 0 Å². The first-order chi connectivity index (χ1) is 9.42. The van der Waals surface area contributed by atoms with Gasteiger partial charge in [-0.15, -0.1) is 0 Å². The molecule has 2 fully saturated rings. The van der Waals surface area contributed by atoms with Crippen molar-refractivity contribution in [3.63, 3.8) is 0 Å². The van der Waals surface area contributed by atoms with Gasteiger partial charge in [0.1, 0.15) is 12.0 Å². The molecule has 4 rings (SSSR count). The minimum Gasteiger partial charge on any atom is -0.348 e. The molecule has 0 saturated carbocycles. The highest BCUT2D eigenvalue weighted by molar-refractivity contribution is 5.78. The van der Waals surface area contributed by atoms with Crippen LogP contribution in [0, 0.1) is 11.8 Å². The summed E-state index contributed by atoms with van der Waals surface area (Å²) >= 11 is 0. The van der Waals surface area contributed by atoms with Crippen molar-refractivity contribution in [3.05, 3.63) is 17.8 Å². The maximum Gasteiger partial charge on any atom is 0.133 e. The summed E-state index contributed by atoms with van der Waals surface area (Å²) in [7, 11) is 0. The van der Waals surface area contributed by atoms with Crippen molar-refractivity contribution < 1.29 is 0 Å². The number of piperidine rings is 2. The monoisotopic (exact) mass is 259 g/mol. The van der Waals surface area contributed by atoms with Crippen LogP contribution in [0.1, 0.15) is 24.6 Å². The Balaban J connectivity index is 1.54. The van der Waals surface area contributed by atoms with Gasteiger partial charge in [-0.2, -0.15) is 0 Å². The number of aliphatic imine (C=N–C) groups is 1. The van der Waals surface area contributed by atoms with Crippen molar-refractivity contribution in [2.75, 3.05) is 31.5 Å². The van der Waals surface area contributed by atoms with Gasteiger partial charge >= 0.3 is 0 Å². The van der Waals surface area contributed by atoms with Crippen LogP contribution in [-0.2, 0) is 0 Å². The summed E-state index contributed by atoms with van der Waals surface area (Å²) in [5.74, 6) is 2.83. The third-order valence-electron chi connectivity index (χ3n) is 4.85. The van der Waals surface area contributed by atoms with Crippen LogP contribution in [0.4, 0.5) is 5.82 Å². The second-order valence-corrected chi connectivity index (χ2v) is 5.90. The smallest absolute Gasteiger partial charge is 0.133 e. The third-order valence-corrected chi connectivity index (χ3v) is 4.85. The molecule has 5 heteroatoms. The van der Waals surface area contributed by atoms with E-state index in [0.717, 1.165) is 17.7 Å². The summed E-state index contributed by atoms with van der Waals surface area (Å²) in [6, 6.07) is 2.15. The van der Waals surface area contributed by atoms with Crippen LogP contribution in [0.5, 0.6) is 0 Å². The minimum absolute atomic E-state index is 0.199. The molecule has 5 nitrogen and oxygen atoms in total. The van der Waals surface area contributed by atoms with E-state index in [-0.39, 0.29) is 6.17 Å². The van der Waals surface area contributed by atoms with Crippen molar-refractivity contribution in [2.45, 2.75) is 19.0 Å². The first kappa shape index (κ1) is 11.5. The lowest BCUT2D eigenvalue weighted by molar-refractivity contribution is 0.0664. The van der Waals surface area contributed by atoms with Gasteiger partial charge in [0.05, 0.1) is 6.34 Å². The number of hydrogen-bond donors (Lipinski definition) is 3. The lowest BCUT2D eigenvalue weighted by Crippen LogP contribution is -2.49. The van der Waals surface area contributed by atoms with Gasteiger partial charge in [-0.25, -0.2) is 0 Å². The fraction of sp³-hybridized carbons (Fsp3) is 0.643. The number of hydrogen-bond acceptors (Lipinski definition) is 4. The van der Waals surface area contributed by atoms with Crippen LogP contribution >= 0.6 is 0 Å². The maximum atomic E-state index is 4.65. The predicted molar refractivity (Wildman–Crippen MR) is 76.3 cm³/mol. The average Bonchev–Trinajstić information content (AvgIpc) is 2.95. The van der Waals surface area contributed by atoms with E-state index in [1.54, 1.807) is 0 Å². The molecule has 3 aliphatic heterocycles. The Morgan fingerprint density at radius 2 is 2.26 bits per heavy atom. The Morgan fingerprint density at radius 3 is 3.26 bits per heavy atom. The molecular weight excluding hydrogens is 238 g/mol. The summed E-state index contributed by atoms with van der Waals surface area (Å²) in [5.41, 5.74) is 1.28. The molecule has 0 aromatic carbocycles. The highest BCUT2D eigenvalue weighted by Gasteiger charge is 2.35. The summed E-state index contributed by atoms with van der Waals surface area (Å²) in [6.07, 6.45) is 6.70. The molecule has 3 aliphatic rings. The Hall–Kier alpha value is -1.33. The van der Waals surface area contributed by atoms with Crippen LogP contribution in [0.25, 0.3) is 0 Å². The van der Waals surface area contributed by atoms with Gasteiger partial charge in [0.15, 0.2) is 0 Å². The van der Waals surface area contributed by atoms with Crippen LogP contribution in [0.3, 0.4) is 0 Å². The zero-order chi connectivity index (χ0) is 12.7. The molecule has 0 amide bonds. The van der Waals surface area contributed by atoms with Crippen LogP contribution in [0.2, 0.25) is 0 Å². The number of H-pyrrole nitrogens is 1. The largest absolute Gasteiger partial charge is 0.348 e. The normalized spacial score (nSPS) is 34.4. The molecule has 19 heavy (non-hydrogen) atoms. The fourth-order valence-electron chi connectivity index (χ4n) is 3.78. The lowest BCUT2D eigenvalue weighted by atomic mass is 9.80. The molecule has 0 aliphatic carbocycles. The summed E-state index contributed by atoms with van der Waals surface area (Å²) in [5, 5.41) is 6.72. The van der Waals surface area contributed by atoms with Gasteiger partial charge in [-0.3, -0.25) is 9.89 Å². The topological polar surface area (TPSA) is 55.5 Å². The van der Waals surface area contributed by atoms with Crippen LogP contribution < -0.4 is 10.6 Å². The summed E-state index contributed by atoms with van der Waals surface area (Å²) < 4.78 is 0. The number of likely N-dealkylation sites (tertiary alicyclic amines) is 1. The number of fused-ring (bicyclic) bond motifs is 2. The molecule has 1 aromatic heterocycles. The van der Waals surface area contributed by atoms with Gasteiger partial charge in [-0.1, -0.05) is 0 Å². The van der Waals surface area contributed by atoms with E-state index in [2.05, 4.69) is 31.6 Å². The van der Waals surface area contributed by atoms with Crippen molar-refractivity contribution >= 4 is 12.2 Å². The van der Waals surface area contributed by atoms with Crippen LogP contribution in [0.15, 0.2) is 17.3 Å². The van der Waals surface area contributed by atoms with Gasteiger partial charge in [0, 0.05) is 24.8 Å². The Labute approximate surface area is 113 Å². The van der Waals surface area contributed by atoms with E-state index in [1.807, 2.05) is 12.5 Å². The maximum absolute atomic E-state index is 4.65. The molecule has 3 N–H and O–H groups in total. The number of anilines is 1. The third kappa shape index (κ3) is 1.97. The van der Waals surface area contributed by atoms with E-state index >= 15 is 0 Å². The van der Waals surface area contributed by atoms with Crippen molar-refractivity contribution in [2.24, 2.45) is 16.8 Å². The SMILES string of the molecule is C1=NC(N2CC[C@@H]3CCNC[C@@H]3C2)c2cc[nH]c2N1.